The second-order valence-electron chi connectivity index (χ2n) is 4.70. The van der Waals surface area contributed by atoms with Crippen LogP contribution in [0.1, 0.15) is 15.9 Å². The summed E-state index contributed by atoms with van der Waals surface area (Å²) >= 11 is 0. The predicted molar refractivity (Wildman–Crippen MR) is 82.3 cm³/mol. The number of carbonyl (C=O) groups is 1. The highest BCUT2D eigenvalue weighted by molar-refractivity contribution is 5.95. The number of aromatic hydroxyl groups is 1. The van der Waals surface area contributed by atoms with Crippen molar-refractivity contribution < 1.29 is 24.1 Å². The molecule has 0 unspecified atom stereocenters. The molecule has 1 heterocycles. The molecular formula is C16H14N2O5. The molecule has 0 saturated carbocycles. The number of nitrogens with zero attached hydrogens (tertiary/aromatic N) is 1. The maximum atomic E-state index is 11.9. The van der Waals surface area contributed by atoms with E-state index >= 15 is 0 Å². The fraction of sp³-hybridized carbons (Fsp3) is 0.125. The topological polar surface area (TPSA) is 89.4 Å². The smallest absolute Gasteiger partial charge is 0.271 e. The Labute approximate surface area is 132 Å². The maximum absolute atomic E-state index is 11.9. The SMILES string of the molecule is COc1cc(/C=N\NC(=O)c2ccc(O)cc2)cc2c1OCO2. The number of amides is 1. The van der Waals surface area contributed by atoms with Gasteiger partial charge >= 0.3 is 0 Å². The first kappa shape index (κ1) is 14.7. The molecule has 118 valence electrons. The molecule has 0 atom stereocenters. The van der Waals surface area contributed by atoms with Gasteiger partial charge in [-0.2, -0.15) is 5.10 Å². The first-order chi connectivity index (χ1) is 11.2. The van der Waals surface area contributed by atoms with E-state index in [9.17, 15) is 9.90 Å². The molecule has 0 aromatic heterocycles. The molecule has 1 amide bonds. The molecule has 0 fully saturated rings. The van der Waals surface area contributed by atoms with Crippen molar-refractivity contribution in [1.29, 1.82) is 0 Å². The molecule has 1 aliphatic rings. The predicted octanol–water partition coefficient (Wildman–Crippen LogP) is 1.89. The lowest BCUT2D eigenvalue weighted by molar-refractivity contribution is 0.0955. The Morgan fingerprint density at radius 3 is 2.83 bits per heavy atom. The molecule has 2 N–H and O–H groups in total. The summed E-state index contributed by atoms with van der Waals surface area (Å²) in [5, 5.41) is 13.1. The Hall–Kier alpha value is -3.22. The van der Waals surface area contributed by atoms with Gasteiger partial charge in [-0.05, 0) is 36.4 Å². The van der Waals surface area contributed by atoms with Crippen LogP contribution in [0.15, 0.2) is 41.5 Å². The van der Waals surface area contributed by atoms with Crippen molar-refractivity contribution in [3.8, 4) is 23.0 Å². The Balaban J connectivity index is 1.71. The van der Waals surface area contributed by atoms with E-state index in [1.165, 1.54) is 37.6 Å². The lowest BCUT2D eigenvalue weighted by atomic mass is 10.2. The number of hydrogen-bond acceptors (Lipinski definition) is 6. The van der Waals surface area contributed by atoms with Gasteiger partial charge in [0.15, 0.2) is 11.5 Å². The molecule has 2 aromatic carbocycles. The van der Waals surface area contributed by atoms with Gasteiger partial charge in [0.2, 0.25) is 12.5 Å². The third-order valence-electron chi connectivity index (χ3n) is 3.19. The Morgan fingerprint density at radius 2 is 2.09 bits per heavy atom. The van der Waals surface area contributed by atoms with Crippen LogP contribution in [0.2, 0.25) is 0 Å². The zero-order valence-electron chi connectivity index (χ0n) is 12.3. The molecule has 1 aliphatic heterocycles. The molecule has 0 saturated heterocycles. The number of ether oxygens (including phenoxy) is 3. The largest absolute Gasteiger partial charge is 0.508 e. The Bertz CT molecular complexity index is 756. The van der Waals surface area contributed by atoms with E-state index in [1.807, 2.05) is 0 Å². The molecule has 0 aliphatic carbocycles. The molecule has 0 spiro atoms. The van der Waals surface area contributed by atoms with Gasteiger partial charge in [0.25, 0.3) is 5.91 Å². The van der Waals surface area contributed by atoms with Crippen molar-refractivity contribution in [3.05, 3.63) is 47.5 Å². The average Bonchev–Trinajstić information content (AvgIpc) is 3.03. The standard InChI is InChI=1S/C16H14N2O5/c1-21-13-6-10(7-14-15(13)23-9-22-14)8-17-18-16(20)11-2-4-12(19)5-3-11/h2-8,19H,9H2,1H3,(H,18,20)/b17-8-. The van der Waals surface area contributed by atoms with Crippen LogP contribution in [-0.2, 0) is 0 Å². The first-order valence-corrected chi connectivity index (χ1v) is 6.77. The van der Waals surface area contributed by atoms with Crippen LogP contribution in [0, 0.1) is 0 Å². The molecule has 7 heteroatoms. The number of fused-ring (bicyclic) bond motifs is 1. The van der Waals surface area contributed by atoms with Crippen molar-refractivity contribution >= 4 is 12.1 Å². The highest BCUT2D eigenvalue weighted by Gasteiger charge is 2.19. The van der Waals surface area contributed by atoms with Gasteiger partial charge in [0.05, 0.1) is 13.3 Å². The second kappa shape index (κ2) is 6.27. The molecule has 3 rings (SSSR count). The van der Waals surface area contributed by atoms with E-state index in [0.717, 1.165) is 0 Å². The Kier molecular flexibility index (Phi) is 4.01. The molecule has 0 radical (unpaired) electrons. The van der Waals surface area contributed by atoms with E-state index in [-0.39, 0.29) is 18.4 Å². The van der Waals surface area contributed by atoms with Crippen LogP contribution >= 0.6 is 0 Å². The number of carbonyl (C=O) groups excluding carboxylic acids is 1. The van der Waals surface area contributed by atoms with Crippen molar-refractivity contribution in [2.45, 2.75) is 0 Å². The summed E-state index contributed by atoms with van der Waals surface area (Å²) in [6, 6.07) is 9.33. The summed E-state index contributed by atoms with van der Waals surface area (Å²) < 4.78 is 15.8. The van der Waals surface area contributed by atoms with Gasteiger partial charge < -0.3 is 19.3 Å². The summed E-state index contributed by atoms with van der Waals surface area (Å²) in [6.45, 7) is 0.143. The third-order valence-corrected chi connectivity index (χ3v) is 3.19. The minimum absolute atomic E-state index is 0.0949. The van der Waals surface area contributed by atoms with E-state index in [1.54, 1.807) is 12.1 Å². The number of benzene rings is 2. The number of phenolic OH excluding ortho intramolecular Hbond substituents is 1. The lowest BCUT2D eigenvalue weighted by Gasteiger charge is -2.05. The highest BCUT2D eigenvalue weighted by atomic mass is 16.7. The average molecular weight is 314 g/mol. The summed E-state index contributed by atoms with van der Waals surface area (Å²) in [6.07, 6.45) is 1.47. The van der Waals surface area contributed by atoms with E-state index in [0.29, 0.717) is 28.4 Å². The van der Waals surface area contributed by atoms with Gasteiger partial charge in [-0.1, -0.05) is 0 Å². The van der Waals surface area contributed by atoms with Crippen molar-refractivity contribution in [3.63, 3.8) is 0 Å². The number of hydrogen-bond donors (Lipinski definition) is 2. The van der Waals surface area contributed by atoms with Gasteiger partial charge in [-0.3, -0.25) is 4.79 Å². The maximum Gasteiger partial charge on any atom is 0.271 e. The summed E-state index contributed by atoms with van der Waals surface area (Å²) in [5.74, 6) is 1.37. The van der Waals surface area contributed by atoms with E-state index in [2.05, 4.69) is 10.5 Å². The monoisotopic (exact) mass is 314 g/mol. The molecule has 7 nitrogen and oxygen atoms in total. The van der Waals surface area contributed by atoms with Crippen LogP contribution < -0.4 is 19.6 Å². The summed E-state index contributed by atoms with van der Waals surface area (Å²) in [4.78, 5) is 11.9. The summed E-state index contributed by atoms with van der Waals surface area (Å²) in [7, 11) is 1.53. The van der Waals surface area contributed by atoms with Gasteiger partial charge in [0.1, 0.15) is 5.75 Å². The molecule has 2 aromatic rings. The molecular weight excluding hydrogens is 300 g/mol. The first-order valence-electron chi connectivity index (χ1n) is 6.77. The van der Waals surface area contributed by atoms with Gasteiger partial charge in [-0.15, -0.1) is 0 Å². The van der Waals surface area contributed by atoms with Gasteiger partial charge in [0, 0.05) is 11.1 Å². The van der Waals surface area contributed by atoms with Crippen molar-refractivity contribution in [2.24, 2.45) is 5.10 Å². The summed E-state index contributed by atoms with van der Waals surface area (Å²) in [5.41, 5.74) is 3.49. The number of nitrogens with one attached hydrogen (secondary N) is 1. The number of phenols is 1. The van der Waals surface area contributed by atoms with Crippen LogP contribution in [0.5, 0.6) is 23.0 Å². The van der Waals surface area contributed by atoms with E-state index in [4.69, 9.17) is 14.2 Å². The van der Waals surface area contributed by atoms with Gasteiger partial charge in [-0.25, -0.2) is 5.43 Å². The van der Waals surface area contributed by atoms with Crippen LogP contribution in [0.4, 0.5) is 0 Å². The van der Waals surface area contributed by atoms with Crippen molar-refractivity contribution in [2.75, 3.05) is 13.9 Å². The molecule has 0 bridgehead atoms. The quantitative estimate of drug-likeness (QED) is 0.664. The number of rotatable bonds is 4. The van der Waals surface area contributed by atoms with Crippen LogP contribution in [0.3, 0.4) is 0 Å². The lowest BCUT2D eigenvalue weighted by Crippen LogP contribution is -2.17. The minimum Gasteiger partial charge on any atom is -0.508 e. The zero-order chi connectivity index (χ0) is 16.2. The number of hydrazone groups is 1. The Morgan fingerprint density at radius 1 is 1.30 bits per heavy atom. The van der Waals surface area contributed by atoms with Crippen molar-refractivity contribution in [1.82, 2.24) is 5.43 Å². The fourth-order valence-corrected chi connectivity index (χ4v) is 2.07. The van der Waals surface area contributed by atoms with E-state index < -0.39 is 0 Å². The fourth-order valence-electron chi connectivity index (χ4n) is 2.07. The zero-order valence-corrected chi connectivity index (χ0v) is 12.3. The normalized spacial score (nSPS) is 12.4. The third kappa shape index (κ3) is 3.18. The van der Waals surface area contributed by atoms with Crippen LogP contribution in [-0.4, -0.2) is 31.1 Å². The van der Waals surface area contributed by atoms with Crippen LogP contribution in [0.25, 0.3) is 0 Å². The number of methoxy groups -OCH3 is 1. The second-order valence-corrected chi connectivity index (χ2v) is 4.70. The highest BCUT2D eigenvalue weighted by Crippen LogP contribution is 2.41. The minimum atomic E-state index is -0.381. The molecule has 23 heavy (non-hydrogen) atoms.